The van der Waals surface area contributed by atoms with E-state index in [0.29, 0.717) is 17.4 Å². The summed E-state index contributed by atoms with van der Waals surface area (Å²) in [5, 5.41) is 2.37. The molecule has 1 unspecified atom stereocenters. The summed E-state index contributed by atoms with van der Waals surface area (Å²) in [6.45, 7) is 16.0. The molecule has 1 aliphatic carbocycles. The van der Waals surface area contributed by atoms with Crippen molar-refractivity contribution in [3.05, 3.63) is 196 Å². The Morgan fingerprint density at radius 3 is 1.90 bits per heavy atom. The van der Waals surface area contributed by atoms with Crippen molar-refractivity contribution in [3.63, 3.8) is 0 Å². The Labute approximate surface area is 404 Å². The molecule has 0 N–H and O–H groups in total. The second-order valence-electron chi connectivity index (χ2n) is 20.4. The number of aromatic nitrogens is 4. The van der Waals surface area contributed by atoms with Gasteiger partial charge in [0, 0.05) is 6.20 Å². The zero-order chi connectivity index (χ0) is 46.2. The Bertz CT molecular complexity index is 3520. The van der Waals surface area contributed by atoms with Gasteiger partial charge in [-0.3, -0.25) is 0 Å². The third-order valence-electron chi connectivity index (χ3n) is 13.6. The minimum absolute atomic E-state index is 0.0297. The molecule has 0 radical (unpaired) electrons. The van der Waals surface area contributed by atoms with E-state index in [2.05, 4.69) is 233 Å². The van der Waals surface area contributed by atoms with Gasteiger partial charge in [0.2, 0.25) is 0 Å². The average Bonchev–Trinajstić information content (AvgIpc) is 3.80. The molecule has 0 amide bonds. The number of hydrogen-bond donors (Lipinski definition) is 0. The molecule has 67 heavy (non-hydrogen) atoms. The smallest absolute Gasteiger partial charge is 0.0561 e. The molecule has 0 bridgehead atoms. The summed E-state index contributed by atoms with van der Waals surface area (Å²) in [6, 6.07) is 62.1. The van der Waals surface area contributed by atoms with E-state index >= 15 is 0 Å². The fourth-order valence-corrected chi connectivity index (χ4v) is 11.0. The summed E-state index contributed by atoms with van der Waals surface area (Å²) in [4.78, 5) is 4.99. The van der Waals surface area contributed by atoms with Crippen LogP contribution in [0.5, 0.6) is 11.5 Å². The third kappa shape index (κ3) is 7.81. The van der Waals surface area contributed by atoms with Gasteiger partial charge in [-0.1, -0.05) is 27.7 Å². The van der Waals surface area contributed by atoms with E-state index in [0.717, 1.165) is 61.3 Å². The number of aryl methyl sites for hydroxylation is 1. The van der Waals surface area contributed by atoms with Crippen LogP contribution in [-0.2, 0) is 43.0 Å². The molecule has 336 valence electrons. The Balaban J connectivity index is 1.06. The van der Waals surface area contributed by atoms with Crippen LogP contribution < -0.4 is 4.74 Å². The topological polar surface area (TPSA) is 36.9 Å². The van der Waals surface area contributed by atoms with Gasteiger partial charge in [0.25, 0.3) is 0 Å². The van der Waals surface area contributed by atoms with Crippen molar-refractivity contribution in [2.75, 3.05) is 0 Å². The third-order valence-corrected chi connectivity index (χ3v) is 14.6. The summed E-state index contributed by atoms with van der Waals surface area (Å²) >= 11 is 2.51. The molecule has 7 aromatic carbocycles. The summed E-state index contributed by atoms with van der Waals surface area (Å²) in [5.74, 6) is 2.80. The van der Waals surface area contributed by atoms with Gasteiger partial charge in [0.15, 0.2) is 0 Å². The summed E-state index contributed by atoms with van der Waals surface area (Å²) in [5.41, 5.74) is 16.3. The first-order valence-electron chi connectivity index (χ1n) is 23.5. The van der Waals surface area contributed by atoms with E-state index in [4.69, 9.17) is 9.72 Å². The molecule has 3 heterocycles. The van der Waals surface area contributed by atoms with Crippen LogP contribution in [-0.4, -0.2) is 18.7 Å². The SMILES string of the molecule is CC1CCc2cc3c(cc2C1)c1ccc(Oc2[c-]c(-n4[c](=[Pt])n(-c5c(-c6ccccc6)cc(C(C)(C)C)cc5-c5ccccc5)c5ccccc54)ccc2)[c-]c1n3-c1cc(C(C)(C)C)ccn1. The zero-order valence-electron chi connectivity index (χ0n) is 39.2. The van der Waals surface area contributed by atoms with E-state index in [1.165, 1.54) is 56.3 Å². The number of nitrogens with zero attached hydrogens (tertiary/aromatic N) is 4. The number of benzene rings is 7. The molecule has 5 nitrogen and oxygen atoms in total. The summed E-state index contributed by atoms with van der Waals surface area (Å²) in [6.07, 6.45) is 5.35. The van der Waals surface area contributed by atoms with Crippen LogP contribution in [0.25, 0.3) is 72.3 Å². The number of hydrogen-bond acceptors (Lipinski definition) is 2. The van der Waals surface area contributed by atoms with Crippen molar-refractivity contribution >= 4 is 32.8 Å². The van der Waals surface area contributed by atoms with Crippen molar-refractivity contribution in [1.29, 1.82) is 0 Å². The van der Waals surface area contributed by atoms with Gasteiger partial charge in [-0.2, -0.15) is 0 Å². The molecule has 0 aliphatic heterocycles. The fraction of sp³-hybridized carbons (Fsp3) is 0.213. The molecular formula is C61H54N4OPt-2. The Hall–Kier alpha value is -6.55. The molecule has 0 saturated carbocycles. The predicted molar refractivity (Wildman–Crippen MR) is 272 cm³/mol. The minimum atomic E-state index is -0.0714. The van der Waals surface area contributed by atoms with Crippen LogP contribution in [0.1, 0.15) is 77.1 Å². The van der Waals surface area contributed by atoms with Crippen molar-refractivity contribution in [2.45, 2.75) is 78.6 Å². The first-order valence-corrected chi connectivity index (χ1v) is 24.6. The molecule has 1 atom stereocenters. The Kier molecular flexibility index (Phi) is 10.7. The Morgan fingerprint density at radius 1 is 0.582 bits per heavy atom. The number of ether oxygens (including phenoxy) is 1. The van der Waals surface area contributed by atoms with E-state index in [9.17, 15) is 0 Å². The maximum absolute atomic E-state index is 6.80. The first kappa shape index (κ1) is 43.0. The van der Waals surface area contributed by atoms with Gasteiger partial charge in [-0.05, 0) is 53.4 Å². The Morgan fingerprint density at radius 2 is 1.22 bits per heavy atom. The quantitative estimate of drug-likeness (QED) is 0.149. The molecule has 0 spiro atoms. The van der Waals surface area contributed by atoms with Crippen molar-refractivity contribution in [2.24, 2.45) is 5.92 Å². The molecule has 3 aromatic heterocycles. The van der Waals surface area contributed by atoms with Gasteiger partial charge in [0.05, 0.1) is 0 Å². The zero-order valence-corrected chi connectivity index (χ0v) is 41.5. The molecule has 11 rings (SSSR count). The van der Waals surface area contributed by atoms with E-state index in [1.54, 1.807) is 0 Å². The van der Waals surface area contributed by atoms with Gasteiger partial charge < -0.3 is 0 Å². The molecular weight excluding hydrogens is 1000 g/mol. The normalized spacial score (nSPS) is 14.3. The second kappa shape index (κ2) is 16.6. The standard InChI is InChI=1S/C61H54N4O.Pt/c1-40-25-26-43-33-56-53(32-44(43)31-40)50-28-27-49(38-57(50)65(56)58-36-45(29-30-62-58)60(2,3)4)66-48-22-16-21-47(37-48)63-39-64(55-24-15-14-23-54(55)63)59-51(41-17-10-8-11-18-41)34-46(61(5,6)7)35-52(59)42-19-12-9-13-20-42;/h8-24,27-30,32-36,40H,25-26,31H2,1-7H3;/q-2;. The number of imidazole rings is 1. The van der Waals surface area contributed by atoms with E-state index in [1.807, 2.05) is 18.3 Å². The van der Waals surface area contributed by atoms with Crippen LogP contribution in [0.3, 0.4) is 0 Å². The number of fused-ring (bicyclic) bond motifs is 5. The fourth-order valence-electron chi connectivity index (χ4n) is 9.94. The van der Waals surface area contributed by atoms with Crippen LogP contribution >= 0.6 is 0 Å². The van der Waals surface area contributed by atoms with Gasteiger partial charge in [-0.25, -0.2) is 0 Å². The first-order chi connectivity index (χ1) is 32.3. The summed E-state index contributed by atoms with van der Waals surface area (Å²) < 4.78 is 14.8. The number of para-hydroxylation sites is 2. The molecule has 0 saturated heterocycles. The van der Waals surface area contributed by atoms with Crippen LogP contribution in [0, 0.1) is 21.9 Å². The van der Waals surface area contributed by atoms with Crippen LogP contribution in [0.4, 0.5) is 0 Å². The number of pyridine rings is 1. The van der Waals surface area contributed by atoms with Crippen LogP contribution in [0.2, 0.25) is 0 Å². The molecule has 6 heteroatoms. The monoisotopic (exact) mass is 1050 g/mol. The molecule has 1 aliphatic rings. The van der Waals surface area contributed by atoms with E-state index in [-0.39, 0.29) is 10.8 Å². The number of rotatable bonds is 7. The van der Waals surface area contributed by atoms with Crippen LogP contribution in [0.15, 0.2) is 158 Å². The minimum Gasteiger partial charge on any atom is -0.0561 e. The van der Waals surface area contributed by atoms with Gasteiger partial charge in [0.1, 0.15) is 0 Å². The van der Waals surface area contributed by atoms with Gasteiger partial charge in [-0.15, -0.1) is 0 Å². The molecule has 10 aromatic rings. The summed E-state index contributed by atoms with van der Waals surface area (Å²) in [7, 11) is 0. The predicted octanol–water partition coefficient (Wildman–Crippen LogP) is 15.4. The van der Waals surface area contributed by atoms with Gasteiger partial charge >= 0.3 is 320 Å². The van der Waals surface area contributed by atoms with E-state index < -0.39 is 0 Å². The van der Waals surface area contributed by atoms with Crippen molar-refractivity contribution in [3.8, 4) is 50.9 Å². The van der Waals surface area contributed by atoms with Crippen molar-refractivity contribution in [1.82, 2.24) is 18.7 Å². The maximum atomic E-state index is 6.80. The average molecular weight is 1050 g/mol. The second-order valence-corrected chi connectivity index (χ2v) is 21.4. The van der Waals surface area contributed by atoms with Crippen molar-refractivity contribution < 1.29 is 24.1 Å². The molecule has 0 fully saturated rings.